The molecule has 0 spiro atoms. The first-order chi connectivity index (χ1) is 7.20. The average Bonchev–Trinajstić information content (AvgIpc) is 2.25. The fourth-order valence-electron chi connectivity index (χ4n) is 1.48. The number of hydrogen-bond donors (Lipinski definition) is 3. The summed E-state index contributed by atoms with van der Waals surface area (Å²) < 4.78 is 0. The van der Waals surface area contributed by atoms with Crippen molar-refractivity contribution in [2.45, 2.75) is 6.10 Å². The summed E-state index contributed by atoms with van der Waals surface area (Å²) in [6, 6.07) is 9.83. The van der Waals surface area contributed by atoms with Crippen molar-refractivity contribution < 1.29 is 15.3 Å². The van der Waals surface area contributed by atoms with Crippen molar-refractivity contribution >= 4 is 0 Å². The molecule has 1 atom stereocenters. The maximum Gasteiger partial charge on any atom is 0.128 e. The van der Waals surface area contributed by atoms with E-state index in [0.29, 0.717) is 0 Å². The fourth-order valence-corrected chi connectivity index (χ4v) is 1.48. The Kier molecular flexibility index (Phi) is 5.32. The van der Waals surface area contributed by atoms with Gasteiger partial charge in [-0.15, -0.1) is 0 Å². The largest absolute Gasteiger partial charge is 0.382 e. The van der Waals surface area contributed by atoms with E-state index in [1.54, 1.807) is 0 Å². The van der Waals surface area contributed by atoms with E-state index in [1.807, 2.05) is 30.3 Å². The molecule has 15 heavy (non-hydrogen) atoms. The molecule has 3 nitrogen and oxygen atoms in total. The summed E-state index contributed by atoms with van der Waals surface area (Å²) in [6.07, 6.45) is -0.344. The molecule has 0 bridgehead atoms. The number of aliphatic hydroxyl groups is 1. The smallest absolute Gasteiger partial charge is 0.128 e. The van der Waals surface area contributed by atoms with E-state index >= 15 is 0 Å². The summed E-state index contributed by atoms with van der Waals surface area (Å²) >= 11 is 0. The maximum atomic E-state index is 9.85. The molecule has 0 unspecified atom stereocenters. The summed E-state index contributed by atoms with van der Waals surface area (Å²) in [5.74, 6) is 0. The van der Waals surface area contributed by atoms with Crippen molar-refractivity contribution in [3.8, 4) is 0 Å². The number of aliphatic hydroxyl groups excluding tert-OH is 1. The molecule has 0 aliphatic carbocycles. The second-order valence-corrected chi connectivity index (χ2v) is 4.20. The van der Waals surface area contributed by atoms with Gasteiger partial charge in [-0.3, -0.25) is 0 Å². The van der Waals surface area contributed by atoms with Crippen LogP contribution in [0.15, 0.2) is 30.3 Å². The minimum atomic E-state index is -0.344. The van der Waals surface area contributed by atoms with Crippen LogP contribution in [0.1, 0.15) is 11.7 Å². The van der Waals surface area contributed by atoms with Crippen LogP contribution >= 0.6 is 0 Å². The highest BCUT2D eigenvalue weighted by molar-refractivity contribution is 5.16. The Balaban J connectivity index is 2.22. The van der Waals surface area contributed by atoms with Gasteiger partial charge in [-0.25, -0.2) is 0 Å². The molecule has 0 aliphatic rings. The molecular weight excluding hydrogens is 188 g/mol. The van der Waals surface area contributed by atoms with Gasteiger partial charge in [-0.1, -0.05) is 30.3 Å². The normalized spacial score (nSPS) is 13.1. The van der Waals surface area contributed by atoms with Gasteiger partial charge in [0.1, 0.15) is 25.7 Å². The molecule has 0 fully saturated rings. The lowest BCUT2D eigenvalue weighted by Crippen LogP contribution is -3.09. The molecule has 0 saturated heterocycles. The van der Waals surface area contributed by atoms with Gasteiger partial charge in [-0.2, -0.15) is 0 Å². The summed E-state index contributed by atoms with van der Waals surface area (Å²) in [6.45, 7) is 2.94. The van der Waals surface area contributed by atoms with Crippen LogP contribution < -0.4 is 10.2 Å². The molecule has 4 N–H and O–H groups in total. The minimum absolute atomic E-state index is 0.344. The molecule has 0 amide bonds. The minimum Gasteiger partial charge on any atom is -0.382 e. The van der Waals surface area contributed by atoms with Crippen LogP contribution in [0, 0.1) is 0 Å². The lowest BCUT2D eigenvalue weighted by molar-refractivity contribution is -0.874. The van der Waals surface area contributed by atoms with E-state index in [1.165, 1.54) is 4.90 Å². The van der Waals surface area contributed by atoms with Crippen molar-refractivity contribution in [3.63, 3.8) is 0 Å². The number of nitrogens with two attached hydrogens (primary N) is 1. The van der Waals surface area contributed by atoms with Crippen molar-refractivity contribution in [2.75, 3.05) is 33.7 Å². The summed E-state index contributed by atoms with van der Waals surface area (Å²) in [4.78, 5) is 1.44. The molecule has 0 saturated carbocycles. The zero-order valence-electron chi connectivity index (χ0n) is 9.61. The third-order valence-electron chi connectivity index (χ3n) is 2.42. The zero-order valence-corrected chi connectivity index (χ0v) is 9.61. The topological polar surface area (TPSA) is 41.3 Å². The lowest BCUT2D eigenvalue weighted by atomic mass is 10.1. The van der Waals surface area contributed by atoms with Crippen LogP contribution in [0.3, 0.4) is 0 Å². The maximum absolute atomic E-state index is 9.85. The second kappa shape index (κ2) is 6.56. The standard InChI is InChI=1S/C12H20N2O/c1-14(2)9-8-13-10-12(15)11-6-4-3-5-7-11/h3-7,12-13,15H,8-10H2,1-2H3/p+2/t12-/m0/s1. The van der Waals surface area contributed by atoms with Crippen LogP contribution in [-0.4, -0.2) is 38.8 Å². The van der Waals surface area contributed by atoms with Gasteiger partial charge in [0, 0.05) is 0 Å². The summed E-state index contributed by atoms with van der Waals surface area (Å²) in [5, 5.41) is 12.0. The second-order valence-electron chi connectivity index (χ2n) is 4.20. The molecule has 0 radical (unpaired) electrons. The van der Waals surface area contributed by atoms with E-state index < -0.39 is 0 Å². The first kappa shape index (κ1) is 12.2. The predicted molar refractivity (Wildman–Crippen MR) is 60.7 cm³/mol. The number of likely N-dealkylation sites (N-methyl/N-ethyl adjacent to an activating group) is 1. The zero-order chi connectivity index (χ0) is 11.1. The first-order valence-corrected chi connectivity index (χ1v) is 5.54. The Hall–Kier alpha value is -0.900. The molecule has 84 valence electrons. The average molecular weight is 210 g/mol. The number of benzene rings is 1. The number of quaternary nitrogens is 2. The van der Waals surface area contributed by atoms with Gasteiger partial charge < -0.3 is 15.3 Å². The van der Waals surface area contributed by atoms with E-state index in [4.69, 9.17) is 0 Å². The molecule has 1 rings (SSSR count). The van der Waals surface area contributed by atoms with Gasteiger partial charge in [0.15, 0.2) is 0 Å². The van der Waals surface area contributed by atoms with Crippen LogP contribution in [-0.2, 0) is 0 Å². The summed E-state index contributed by atoms with van der Waals surface area (Å²) in [5.41, 5.74) is 1.01. The van der Waals surface area contributed by atoms with E-state index in [2.05, 4.69) is 19.4 Å². The lowest BCUT2D eigenvalue weighted by Gasteiger charge is -2.10. The molecule has 3 heteroatoms. The Morgan fingerprint density at radius 1 is 1.27 bits per heavy atom. The molecule has 1 aromatic rings. The van der Waals surface area contributed by atoms with Crippen LogP contribution in [0.4, 0.5) is 0 Å². The van der Waals surface area contributed by atoms with Crippen molar-refractivity contribution in [3.05, 3.63) is 35.9 Å². The highest BCUT2D eigenvalue weighted by Gasteiger charge is 2.08. The Morgan fingerprint density at radius 2 is 1.93 bits per heavy atom. The first-order valence-electron chi connectivity index (χ1n) is 5.54. The van der Waals surface area contributed by atoms with Crippen LogP contribution in [0.5, 0.6) is 0 Å². The molecule has 0 heterocycles. The van der Waals surface area contributed by atoms with Gasteiger partial charge in [0.25, 0.3) is 0 Å². The third kappa shape index (κ3) is 4.93. The van der Waals surface area contributed by atoms with Gasteiger partial charge in [0.2, 0.25) is 0 Å². The summed E-state index contributed by atoms with van der Waals surface area (Å²) in [7, 11) is 4.28. The Labute approximate surface area is 91.7 Å². The molecule has 1 aromatic carbocycles. The highest BCUT2D eigenvalue weighted by Crippen LogP contribution is 2.08. The van der Waals surface area contributed by atoms with E-state index in [0.717, 1.165) is 25.2 Å². The van der Waals surface area contributed by atoms with Gasteiger partial charge >= 0.3 is 0 Å². The predicted octanol–water partition coefficient (Wildman–Crippen LogP) is -1.57. The Morgan fingerprint density at radius 3 is 2.53 bits per heavy atom. The highest BCUT2D eigenvalue weighted by atomic mass is 16.3. The number of nitrogens with one attached hydrogen (secondary N) is 1. The van der Waals surface area contributed by atoms with Crippen molar-refractivity contribution in [1.82, 2.24) is 0 Å². The van der Waals surface area contributed by atoms with E-state index in [9.17, 15) is 5.11 Å². The number of rotatable bonds is 6. The molecular formula is C12H22N2O+2. The SMILES string of the molecule is C[NH+](C)CC[NH2+]C[C@H](O)c1ccccc1. The van der Waals surface area contributed by atoms with Crippen molar-refractivity contribution in [1.29, 1.82) is 0 Å². The fraction of sp³-hybridized carbons (Fsp3) is 0.500. The third-order valence-corrected chi connectivity index (χ3v) is 2.42. The molecule has 0 aromatic heterocycles. The monoisotopic (exact) mass is 210 g/mol. The van der Waals surface area contributed by atoms with Crippen LogP contribution in [0.25, 0.3) is 0 Å². The Bertz CT molecular complexity index is 262. The van der Waals surface area contributed by atoms with Crippen molar-refractivity contribution in [2.24, 2.45) is 0 Å². The van der Waals surface area contributed by atoms with Gasteiger partial charge in [-0.05, 0) is 5.56 Å². The van der Waals surface area contributed by atoms with Crippen LogP contribution in [0.2, 0.25) is 0 Å². The van der Waals surface area contributed by atoms with Gasteiger partial charge in [0.05, 0.1) is 14.1 Å². The molecule has 0 aliphatic heterocycles. The quantitative estimate of drug-likeness (QED) is 0.488. The number of hydrogen-bond acceptors (Lipinski definition) is 1. The van der Waals surface area contributed by atoms with E-state index in [-0.39, 0.29) is 6.10 Å².